The Bertz CT molecular complexity index is 1010. The van der Waals surface area contributed by atoms with Gasteiger partial charge in [0, 0.05) is 29.6 Å². The Morgan fingerprint density at radius 1 is 1.24 bits per heavy atom. The normalized spacial score (nSPS) is 16.6. The first-order valence-corrected chi connectivity index (χ1v) is 11.0. The van der Waals surface area contributed by atoms with Crippen LogP contribution in [-0.4, -0.2) is 40.0 Å². The monoisotopic (exact) mass is 430 g/mol. The molecule has 1 aliphatic heterocycles. The van der Waals surface area contributed by atoms with E-state index in [1.54, 1.807) is 17.4 Å². The number of halogens is 1. The summed E-state index contributed by atoms with van der Waals surface area (Å²) in [5, 5.41) is 13.8. The van der Waals surface area contributed by atoms with Crippen LogP contribution in [0.5, 0.6) is 0 Å². The number of amides is 2. The molecule has 29 heavy (non-hydrogen) atoms. The van der Waals surface area contributed by atoms with Gasteiger partial charge >= 0.3 is 0 Å². The highest BCUT2D eigenvalue weighted by Crippen LogP contribution is 2.30. The Morgan fingerprint density at radius 2 is 2.14 bits per heavy atom. The summed E-state index contributed by atoms with van der Waals surface area (Å²) in [7, 11) is 0. The van der Waals surface area contributed by atoms with E-state index >= 15 is 0 Å². The second-order valence-corrected chi connectivity index (χ2v) is 8.89. The summed E-state index contributed by atoms with van der Waals surface area (Å²) in [5.41, 5.74) is 0.370. The van der Waals surface area contributed by atoms with Gasteiger partial charge < -0.3 is 10.2 Å². The van der Waals surface area contributed by atoms with Crippen LogP contribution in [0.3, 0.4) is 0 Å². The molecule has 1 saturated heterocycles. The number of likely N-dealkylation sites (tertiary alicyclic amines) is 1. The van der Waals surface area contributed by atoms with Gasteiger partial charge in [0.05, 0.1) is 6.42 Å². The number of carbonyl (C=O) groups is 2. The maximum absolute atomic E-state index is 13.3. The zero-order chi connectivity index (χ0) is 20.2. The highest BCUT2D eigenvalue weighted by Gasteiger charge is 2.28. The molecular weight excluding hydrogens is 411 g/mol. The standard InChI is InChI=1S/C20H19FN4O2S2/c21-14-5-1-6-15(10-14)22-18(27)20-24-23-19(29-20)13-4-2-8-25(12-13)17(26)11-16-7-3-9-28-16/h1,3,5-7,9-10,13H,2,4,8,11-12H2,(H,22,27)/t13-/m0/s1. The van der Waals surface area contributed by atoms with E-state index in [0.29, 0.717) is 18.7 Å². The minimum atomic E-state index is -0.421. The summed E-state index contributed by atoms with van der Waals surface area (Å²) >= 11 is 2.81. The van der Waals surface area contributed by atoms with Crippen molar-refractivity contribution in [2.75, 3.05) is 18.4 Å². The summed E-state index contributed by atoms with van der Waals surface area (Å²) in [4.78, 5) is 27.9. The van der Waals surface area contributed by atoms with E-state index in [0.717, 1.165) is 29.3 Å². The van der Waals surface area contributed by atoms with Crippen molar-refractivity contribution in [2.45, 2.75) is 25.2 Å². The Hall–Kier alpha value is -2.65. The van der Waals surface area contributed by atoms with Gasteiger partial charge in [-0.05, 0) is 42.5 Å². The van der Waals surface area contributed by atoms with Crippen LogP contribution in [0.25, 0.3) is 0 Å². The van der Waals surface area contributed by atoms with Gasteiger partial charge in [0.2, 0.25) is 10.9 Å². The van der Waals surface area contributed by atoms with Crippen LogP contribution in [0.1, 0.15) is 38.4 Å². The van der Waals surface area contributed by atoms with Crippen LogP contribution in [-0.2, 0) is 11.2 Å². The van der Waals surface area contributed by atoms with Gasteiger partial charge in [-0.3, -0.25) is 9.59 Å². The third-order valence-corrected chi connectivity index (χ3v) is 6.71. The van der Waals surface area contributed by atoms with Crippen molar-refractivity contribution >= 4 is 40.2 Å². The second kappa shape index (κ2) is 8.79. The van der Waals surface area contributed by atoms with E-state index in [4.69, 9.17) is 0 Å². The van der Waals surface area contributed by atoms with Crippen LogP contribution in [0.15, 0.2) is 41.8 Å². The zero-order valence-electron chi connectivity index (χ0n) is 15.5. The zero-order valence-corrected chi connectivity index (χ0v) is 17.1. The molecule has 3 aromatic rings. The van der Waals surface area contributed by atoms with Gasteiger partial charge in [0.25, 0.3) is 5.91 Å². The van der Waals surface area contributed by atoms with E-state index in [9.17, 15) is 14.0 Å². The first-order chi connectivity index (χ1) is 14.1. The van der Waals surface area contributed by atoms with Crippen molar-refractivity contribution in [1.82, 2.24) is 15.1 Å². The highest BCUT2D eigenvalue weighted by atomic mass is 32.1. The molecule has 0 radical (unpaired) electrons. The fourth-order valence-electron chi connectivity index (χ4n) is 3.32. The Kier molecular flexibility index (Phi) is 5.96. The first kappa shape index (κ1) is 19.7. The summed E-state index contributed by atoms with van der Waals surface area (Å²) in [5.74, 6) is -0.647. The van der Waals surface area contributed by atoms with Crippen molar-refractivity contribution in [2.24, 2.45) is 0 Å². The molecule has 1 N–H and O–H groups in total. The van der Waals surface area contributed by atoms with E-state index in [1.807, 2.05) is 22.4 Å². The lowest BCUT2D eigenvalue weighted by Crippen LogP contribution is -2.39. The molecule has 0 saturated carbocycles. The Morgan fingerprint density at radius 3 is 2.93 bits per heavy atom. The van der Waals surface area contributed by atoms with E-state index in [2.05, 4.69) is 15.5 Å². The van der Waals surface area contributed by atoms with E-state index in [-0.39, 0.29) is 16.8 Å². The number of rotatable bonds is 5. The van der Waals surface area contributed by atoms with Gasteiger partial charge in [-0.15, -0.1) is 21.5 Å². The average molecular weight is 431 g/mol. The predicted molar refractivity (Wildman–Crippen MR) is 111 cm³/mol. The number of carbonyl (C=O) groups excluding carboxylic acids is 2. The SMILES string of the molecule is O=C(Nc1cccc(F)c1)c1nnc([C@H]2CCCN(C(=O)Cc3cccs3)C2)s1. The van der Waals surface area contributed by atoms with Crippen LogP contribution in [0.2, 0.25) is 0 Å². The van der Waals surface area contributed by atoms with Crippen molar-refractivity contribution in [3.8, 4) is 0 Å². The molecule has 0 bridgehead atoms. The minimum Gasteiger partial charge on any atom is -0.342 e. The highest BCUT2D eigenvalue weighted by molar-refractivity contribution is 7.13. The Labute approximate surface area is 175 Å². The molecular formula is C20H19FN4O2S2. The maximum Gasteiger partial charge on any atom is 0.286 e. The van der Waals surface area contributed by atoms with E-state index in [1.165, 1.54) is 29.5 Å². The van der Waals surface area contributed by atoms with Gasteiger partial charge in [0.1, 0.15) is 10.8 Å². The minimum absolute atomic E-state index is 0.0734. The summed E-state index contributed by atoms with van der Waals surface area (Å²) in [6.45, 7) is 1.33. The maximum atomic E-state index is 13.3. The van der Waals surface area contributed by atoms with Crippen molar-refractivity contribution < 1.29 is 14.0 Å². The second-order valence-electron chi connectivity index (χ2n) is 6.84. The first-order valence-electron chi connectivity index (χ1n) is 9.29. The molecule has 2 aromatic heterocycles. The van der Waals surface area contributed by atoms with Gasteiger partial charge in [-0.2, -0.15) is 0 Å². The average Bonchev–Trinajstić information content (AvgIpc) is 3.40. The fraction of sp³-hybridized carbons (Fsp3) is 0.300. The fourth-order valence-corrected chi connectivity index (χ4v) is 4.88. The van der Waals surface area contributed by atoms with Crippen molar-refractivity contribution in [3.05, 3.63) is 62.5 Å². The van der Waals surface area contributed by atoms with Crippen LogP contribution in [0, 0.1) is 5.82 Å². The van der Waals surface area contributed by atoms with Gasteiger partial charge in [-0.1, -0.05) is 23.5 Å². The lowest BCUT2D eigenvalue weighted by molar-refractivity contribution is -0.131. The topological polar surface area (TPSA) is 75.2 Å². The Balaban J connectivity index is 1.39. The number of piperidine rings is 1. The molecule has 1 aromatic carbocycles. The summed E-state index contributed by atoms with van der Waals surface area (Å²) < 4.78 is 13.3. The molecule has 9 heteroatoms. The van der Waals surface area contributed by atoms with E-state index < -0.39 is 11.7 Å². The molecule has 2 amide bonds. The molecule has 0 unspecified atom stereocenters. The quantitative estimate of drug-likeness (QED) is 0.665. The molecule has 1 atom stereocenters. The number of hydrogen-bond acceptors (Lipinski definition) is 6. The van der Waals surface area contributed by atoms with Gasteiger partial charge in [-0.25, -0.2) is 4.39 Å². The number of nitrogens with zero attached hydrogens (tertiary/aromatic N) is 3. The molecule has 1 aliphatic rings. The number of thiophene rings is 1. The van der Waals surface area contributed by atoms with Gasteiger partial charge in [0.15, 0.2) is 0 Å². The number of hydrogen-bond donors (Lipinski definition) is 1. The predicted octanol–water partition coefficient (Wildman–Crippen LogP) is 3.94. The molecule has 0 spiro atoms. The van der Waals surface area contributed by atoms with Crippen LogP contribution >= 0.6 is 22.7 Å². The third-order valence-electron chi connectivity index (χ3n) is 4.75. The number of anilines is 1. The number of benzene rings is 1. The largest absolute Gasteiger partial charge is 0.342 e. The van der Waals surface area contributed by atoms with Crippen molar-refractivity contribution in [1.29, 1.82) is 0 Å². The lowest BCUT2D eigenvalue weighted by Gasteiger charge is -2.31. The third kappa shape index (κ3) is 4.86. The molecule has 4 rings (SSSR count). The molecule has 150 valence electrons. The van der Waals surface area contributed by atoms with Crippen LogP contribution in [0.4, 0.5) is 10.1 Å². The van der Waals surface area contributed by atoms with Crippen LogP contribution < -0.4 is 5.32 Å². The number of nitrogens with one attached hydrogen (secondary N) is 1. The summed E-state index contributed by atoms with van der Waals surface area (Å²) in [6, 6.07) is 9.62. The van der Waals surface area contributed by atoms with Crippen molar-refractivity contribution in [3.63, 3.8) is 0 Å². The summed E-state index contributed by atoms with van der Waals surface area (Å²) in [6.07, 6.45) is 2.22. The molecule has 6 nitrogen and oxygen atoms in total. The molecule has 0 aliphatic carbocycles. The smallest absolute Gasteiger partial charge is 0.286 e. The molecule has 1 fully saturated rings. The lowest BCUT2D eigenvalue weighted by atomic mass is 9.98. The molecule has 3 heterocycles. The number of aromatic nitrogens is 2.